The van der Waals surface area contributed by atoms with E-state index in [0.29, 0.717) is 29.7 Å². The Morgan fingerprint density at radius 2 is 1.72 bits per heavy atom. The van der Waals surface area contributed by atoms with Gasteiger partial charge in [-0.25, -0.2) is 4.79 Å². The molecule has 6 heteroatoms. The number of anilines is 2. The maximum absolute atomic E-state index is 11.3. The molecule has 98 valence electrons. The Bertz CT molecular complexity index is 367. The Morgan fingerprint density at radius 3 is 2.22 bits per heavy atom. The van der Waals surface area contributed by atoms with Crippen molar-refractivity contribution in [3.63, 3.8) is 0 Å². The summed E-state index contributed by atoms with van der Waals surface area (Å²) in [5.41, 5.74) is 1.31. The van der Waals surface area contributed by atoms with Crippen molar-refractivity contribution in [3.8, 4) is 0 Å². The van der Waals surface area contributed by atoms with Gasteiger partial charge in [0.2, 0.25) is 5.91 Å². The van der Waals surface area contributed by atoms with Gasteiger partial charge in [-0.1, -0.05) is 15.9 Å². The first kappa shape index (κ1) is 14.5. The molecule has 0 saturated carbocycles. The zero-order chi connectivity index (χ0) is 13.4. The van der Waals surface area contributed by atoms with E-state index in [9.17, 15) is 9.59 Å². The van der Waals surface area contributed by atoms with Crippen molar-refractivity contribution in [1.82, 2.24) is 0 Å². The van der Waals surface area contributed by atoms with E-state index in [0.717, 1.165) is 0 Å². The Morgan fingerprint density at radius 1 is 1.17 bits per heavy atom. The van der Waals surface area contributed by atoms with Crippen LogP contribution in [-0.2, 0) is 9.53 Å². The van der Waals surface area contributed by atoms with Crippen molar-refractivity contribution in [2.24, 2.45) is 0 Å². The highest BCUT2D eigenvalue weighted by Crippen LogP contribution is 2.14. The largest absolute Gasteiger partial charge is 0.450 e. The molecule has 0 spiro atoms. The standard InChI is InChI=1S/C12H15BrN2O3/c1-2-18-12(17)15-10-5-3-9(4-6-10)14-11(16)7-8-13/h3-6H,2,7-8H2,1H3,(H,14,16)(H,15,17). The van der Waals surface area contributed by atoms with Gasteiger partial charge in [0, 0.05) is 23.1 Å². The number of carbonyl (C=O) groups excluding carboxylic acids is 2. The molecular weight excluding hydrogens is 300 g/mol. The molecule has 0 aromatic heterocycles. The number of halogens is 1. The van der Waals surface area contributed by atoms with Gasteiger partial charge in [-0.15, -0.1) is 0 Å². The lowest BCUT2D eigenvalue weighted by molar-refractivity contribution is -0.115. The van der Waals surface area contributed by atoms with Crippen LogP contribution in [0, 0.1) is 0 Å². The van der Waals surface area contributed by atoms with Crippen LogP contribution in [0.15, 0.2) is 24.3 Å². The third-order valence-corrected chi connectivity index (χ3v) is 2.41. The molecule has 0 heterocycles. The minimum atomic E-state index is -0.492. The summed E-state index contributed by atoms with van der Waals surface area (Å²) in [7, 11) is 0. The van der Waals surface area contributed by atoms with Crippen molar-refractivity contribution >= 4 is 39.3 Å². The average molecular weight is 315 g/mol. The maximum atomic E-state index is 11.3. The summed E-state index contributed by atoms with van der Waals surface area (Å²) in [4.78, 5) is 22.5. The van der Waals surface area contributed by atoms with E-state index in [1.54, 1.807) is 31.2 Å². The lowest BCUT2D eigenvalue weighted by Crippen LogP contribution is -2.14. The molecule has 0 bridgehead atoms. The van der Waals surface area contributed by atoms with Crippen molar-refractivity contribution in [3.05, 3.63) is 24.3 Å². The molecule has 1 aromatic rings. The van der Waals surface area contributed by atoms with E-state index in [1.165, 1.54) is 0 Å². The number of nitrogens with one attached hydrogen (secondary N) is 2. The zero-order valence-electron chi connectivity index (χ0n) is 10.0. The van der Waals surface area contributed by atoms with Crippen LogP contribution in [0.2, 0.25) is 0 Å². The van der Waals surface area contributed by atoms with Crippen molar-refractivity contribution in [2.75, 3.05) is 22.6 Å². The maximum Gasteiger partial charge on any atom is 0.411 e. The molecule has 5 nitrogen and oxygen atoms in total. The smallest absolute Gasteiger partial charge is 0.411 e. The minimum absolute atomic E-state index is 0.0574. The Labute approximate surface area is 114 Å². The van der Waals surface area contributed by atoms with Gasteiger partial charge in [-0.3, -0.25) is 10.1 Å². The number of amides is 2. The molecule has 0 aliphatic rings. The molecule has 0 radical (unpaired) electrons. The number of ether oxygens (including phenoxy) is 1. The molecule has 0 fully saturated rings. The van der Waals surface area contributed by atoms with Gasteiger partial charge >= 0.3 is 6.09 Å². The molecule has 0 saturated heterocycles. The van der Waals surface area contributed by atoms with Gasteiger partial charge in [0.15, 0.2) is 0 Å². The van der Waals surface area contributed by atoms with Crippen molar-refractivity contribution < 1.29 is 14.3 Å². The number of hydrogen-bond donors (Lipinski definition) is 2. The SMILES string of the molecule is CCOC(=O)Nc1ccc(NC(=O)CCBr)cc1. The highest BCUT2D eigenvalue weighted by Gasteiger charge is 2.03. The van der Waals surface area contributed by atoms with Crippen LogP contribution in [0.3, 0.4) is 0 Å². The topological polar surface area (TPSA) is 67.4 Å². The first-order valence-corrected chi connectivity index (χ1v) is 6.67. The second-order valence-electron chi connectivity index (χ2n) is 3.41. The normalized spacial score (nSPS) is 9.67. The molecule has 2 N–H and O–H groups in total. The molecule has 18 heavy (non-hydrogen) atoms. The molecule has 0 atom stereocenters. The monoisotopic (exact) mass is 314 g/mol. The quantitative estimate of drug-likeness (QED) is 0.821. The number of hydrogen-bond acceptors (Lipinski definition) is 3. The fourth-order valence-corrected chi connectivity index (χ4v) is 1.59. The Balaban J connectivity index is 2.52. The van der Waals surface area contributed by atoms with Crippen LogP contribution in [0.5, 0.6) is 0 Å². The second-order valence-corrected chi connectivity index (χ2v) is 4.20. The van der Waals surface area contributed by atoms with Gasteiger partial charge in [0.1, 0.15) is 0 Å². The summed E-state index contributed by atoms with van der Waals surface area (Å²) in [6, 6.07) is 6.82. The molecule has 0 unspecified atom stereocenters. The van der Waals surface area contributed by atoms with E-state index < -0.39 is 6.09 Å². The summed E-state index contributed by atoms with van der Waals surface area (Å²) < 4.78 is 4.75. The predicted molar refractivity (Wildman–Crippen MR) is 74.1 cm³/mol. The minimum Gasteiger partial charge on any atom is -0.450 e. The van der Waals surface area contributed by atoms with E-state index in [-0.39, 0.29) is 5.91 Å². The van der Waals surface area contributed by atoms with E-state index in [4.69, 9.17) is 4.74 Å². The number of benzene rings is 1. The Hall–Kier alpha value is -1.56. The van der Waals surface area contributed by atoms with E-state index in [1.807, 2.05) is 0 Å². The van der Waals surface area contributed by atoms with E-state index in [2.05, 4.69) is 26.6 Å². The molecule has 1 aromatic carbocycles. The summed E-state index contributed by atoms with van der Waals surface area (Å²) in [5, 5.41) is 5.93. The van der Waals surface area contributed by atoms with Crippen LogP contribution in [0.4, 0.5) is 16.2 Å². The summed E-state index contributed by atoms with van der Waals surface area (Å²) >= 11 is 3.19. The summed E-state index contributed by atoms with van der Waals surface area (Å²) in [5.74, 6) is -0.0574. The zero-order valence-corrected chi connectivity index (χ0v) is 11.6. The third-order valence-electron chi connectivity index (χ3n) is 2.01. The fraction of sp³-hybridized carbons (Fsp3) is 0.333. The van der Waals surface area contributed by atoms with Crippen LogP contribution in [0.1, 0.15) is 13.3 Å². The number of carbonyl (C=O) groups is 2. The lowest BCUT2D eigenvalue weighted by Gasteiger charge is -2.07. The molecule has 2 amide bonds. The molecule has 1 rings (SSSR count). The molecule has 0 aliphatic heterocycles. The average Bonchev–Trinajstić information content (AvgIpc) is 2.32. The highest BCUT2D eigenvalue weighted by molar-refractivity contribution is 9.09. The highest BCUT2D eigenvalue weighted by atomic mass is 79.9. The van der Waals surface area contributed by atoms with Gasteiger partial charge in [-0.2, -0.15) is 0 Å². The van der Waals surface area contributed by atoms with Gasteiger partial charge in [0.05, 0.1) is 6.61 Å². The van der Waals surface area contributed by atoms with Crippen molar-refractivity contribution in [1.29, 1.82) is 0 Å². The Kier molecular flexibility index (Phi) is 6.21. The molecular formula is C12H15BrN2O3. The lowest BCUT2D eigenvalue weighted by atomic mass is 10.2. The third kappa shape index (κ3) is 5.18. The van der Waals surface area contributed by atoms with Gasteiger partial charge < -0.3 is 10.1 Å². The fourth-order valence-electron chi connectivity index (χ4n) is 1.23. The van der Waals surface area contributed by atoms with Gasteiger partial charge in [0.25, 0.3) is 0 Å². The molecule has 0 aliphatic carbocycles. The van der Waals surface area contributed by atoms with Crippen LogP contribution in [0.25, 0.3) is 0 Å². The van der Waals surface area contributed by atoms with E-state index >= 15 is 0 Å². The summed E-state index contributed by atoms with van der Waals surface area (Å²) in [6.45, 7) is 2.06. The van der Waals surface area contributed by atoms with Crippen LogP contribution in [-0.4, -0.2) is 23.9 Å². The van der Waals surface area contributed by atoms with Gasteiger partial charge in [-0.05, 0) is 31.2 Å². The number of rotatable bonds is 5. The first-order valence-electron chi connectivity index (χ1n) is 5.55. The van der Waals surface area contributed by atoms with Crippen LogP contribution >= 0.6 is 15.9 Å². The number of alkyl halides is 1. The predicted octanol–water partition coefficient (Wildman–Crippen LogP) is 2.98. The van der Waals surface area contributed by atoms with Crippen molar-refractivity contribution in [2.45, 2.75) is 13.3 Å². The summed E-state index contributed by atoms with van der Waals surface area (Å²) in [6.07, 6.45) is -0.0726. The van der Waals surface area contributed by atoms with Crippen LogP contribution < -0.4 is 10.6 Å². The second kappa shape index (κ2) is 7.71. The first-order chi connectivity index (χ1) is 8.65.